The minimum atomic E-state index is -0.313. The van der Waals surface area contributed by atoms with Crippen LogP contribution in [0.2, 0.25) is 5.02 Å². The zero-order chi connectivity index (χ0) is 22.5. The highest BCUT2D eigenvalue weighted by atomic mass is 35.5. The fourth-order valence-electron chi connectivity index (χ4n) is 3.74. The molecule has 3 amide bonds. The number of benzene rings is 3. The number of halogens is 1. The van der Waals surface area contributed by atoms with Gasteiger partial charge in [-0.3, -0.25) is 9.69 Å². The van der Waals surface area contributed by atoms with Gasteiger partial charge in [-0.2, -0.15) is 5.26 Å². The van der Waals surface area contributed by atoms with Crippen LogP contribution in [0, 0.1) is 11.3 Å². The van der Waals surface area contributed by atoms with Crippen LogP contribution in [0.25, 0.3) is 0 Å². The number of nitriles is 1. The van der Waals surface area contributed by atoms with Crippen LogP contribution in [0.15, 0.2) is 72.8 Å². The normalized spacial score (nSPS) is 13.6. The second kappa shape index (κ2) is 9.54. The Balaban J connectivity index is 1.51. The lowest BCUT2D eigenvalue weighted by molar-refractivity contribution is 0.102. The van der Waals surface area contributed by atoms with Crippen LogP contribution in [-0.4, -0.2) is 29.9 Å². The minimum absolute atomic E-state index is 0.126. The highest BCUT2D eigenvalue weighted by Gasteiger charge is 2.27. The molecule has 32 heavy (non-hydrogen) atoms. The molecule has 160 valence electrons. The van der Waals surface area contributed by atoms with Gasteiger partial charge in [0.05, 0.1) is 22.2 Å². The molecule has 0 bridgehead atoms. The summed E-state index contributed by atoms with van der Waals surface area (Å²) in [6.07, 6.45) is 0.802. The Morgan fingerprint density at radius 3 is 2.62 bits per heavy atom. The van der Waals surface area contributed by atoms with Crippen LogP contribution >= 0.6 is 11.6 Å². The first-order valence-corrected chi connectivity index (χ1v) is 10.6. The molecule has 0 saturated carbocycles. The molecule has 7 heteroatoms. The smallest absolute Gasteiger partial charge is 0.322 e. The third kappa shape index (κ3) is 4.58. The number of hydrogen-bond donors (Lipinski definition) is 1. The van der Waals surface area contributed by atoms with Crippen molar-refractivity contribution in [2.24, 2.45) is 0 Å². The lowest BCUT2D eigenvalue weighted by Crippen LogP contribution is -2.49. The lowest BCUT2D eigenvalue weighted by atomic mass is 10.1. The monoisotopic (exact) mass is 444 g/mol. The Kier molecular flexibility index (Phi) is 6.39. The molecule has 0 aromatic heterocycles. The summed E-state index contributed by atoms with van der Waals surface area (Å²) >= 11 is 6.12. The molecule has 0 aliphatic carbocycles. The molecule has 0 radical (unpaired) electrons. The Hall–Kier alpha value is -3.82. The summed E-state index contributed by atoms with van der Waals surface area (Å²) in [5.74, 6) is -0.313. The highest BCUT2D eigenvalue weighted by molar-refractivity contribution is 6.34. The number of hydrogen-bond acceptors (Lipinski definition) is 3. The summed E-state index contributed by atoms with van der Waals surface area (Å²) in [5.41, 5.74) is 3.06. The van der Waals surface area contributed by atoms with Gasteiger partial charge in [0.25, 0.3) is 5.91 Å². The second-order valence-corrected chi connectivity index (χ2v) is 7.87. The SMILES string of the molecule is N#Cc1ccccc1CN1CCCN(c2cccc(NC(=O)c3ccccc3Cl)c2)C1=O. The van der Waals surface area contributed by atoms with Gasteiger partial charge in [0, 0.05) is 31.0 Å². The number of urea groups is 1. The molecule has 3 aromatic carbocycles. The third-order valence-corrected chi connectivity index (χ3v) is 5.67. The Morgan fingerprint density at radius 1 is 1.03 bits per heavy atom. The van der Waals surface area contributed by atoms with E-state index < -0.39 is 0 Å². The van der Waals surface area contributed by atoms with Crippen molar-refractivity contribution >= 4 is 34.9 Å². The fourth-order valence-corrected chi connectivity index (χ4v) is 3.96. The van der Waals surface area contributed by atoms with Gasteiger partial charge in [-0.1, -0.05) is 48.0 Å². The van der Waals surface area contributed by atoms with Crippen molar-refractivity contribution in [3.8, 4) is 6.07 Å². The van der Waals surface area contributed by atoms with Gasteiger partial charge in [-0.25, -0.2) is 4.79 Å². The molecule has 1 aliphatic heterocycles. The summed E-state index contributed by atoms with van der Waals surface area (Å²) in [6, 6.07) is 23.4. The lowest BCUT2D eigenvalue weighted by Gasteiger charge is -2.36. The van der Waals surface area contributed by atoms with Gasteiger partial charge in [-0.15, -0.1) is 0 Å². The number of nitrogens with zero attached hydrogens (tertiary/aromatic N) is 3. The number of carbonyl (C=O) groups is 2. The van der Waals surface area contributed by atoms with Gasteiger partial charge in [0.2, 0.25) is 0 Å². The molecule has 0 unspecified atom stereocenters. The van der Waals surface area contributed by atoms with Gasteiger partial charge in [0.1, 0.15) is 0 Å². The topological polar surface area (TPSA) is 76.4 Å². The predicted molar refractivity (Wildman–Crippen MR) is 125 cm³/mol. The average Bonchev–Trinajstić information content (AvgIpc) is 2.81. The van der Waals surface area contributed by atoms with Crippen LogP contribution in [0.1, 0.15) is 27.9 Å². The molecule has 1 fully saturated rings. The Bertz CT molecular complexity index is 1200. The molecule has 1 aliphatic rings. The molecule has 6 nitrogen and oxygen atoms in total. The van der Waals surface area contributed by atoms with Crippen molar-refractivity contribution < 1.29 is 9.59 Å². The molecular formula is C25H21ClN4O2. The number of nitrogens with one attached hydrogen (secondary N) is 1. The molecule has 0 spiro atoms. The number of rotatable bonds is 5. The summed E-state index contributed by atoms with van der Waals surface area (Å²) in [5, 5.41) is 12.6. The minimum Gasteiger partial charge on any atom is -0.322 e. The van der Waals surface area contributed by atoms with E-state index in [9.17, 15) is 14.9 Å². The zero-order valence-corrected chi connectivity index (χ0v) is 18.0. The van der Waals surface area contributed by atoms with E-state index >= 15 is 0 Å². The van der Waals surface area contributed by atoms with E-state index in [4.69, 9.17) is 11.6 Å². The molecule has 4 rings (SSSR count). The van der Waals surface area contributed by atoms with Crippen LogP contribution in [-0.2, 0) is 6.54 Å². The first-order valence-electron chi connectivity index (χ1n) is 10.3. The van der Waals surface area contributed by atoms with Crippen molar-refractivity contribution in [2.45, 2.75) is 13.0 Å². The maximum Gasteiger partial charge on any atom is 0.324 e. The fraction of sp³-hybridized carbons (Fsp3) is 0.160. The van der Waals surface area contributed by atoms with E-state index in [-0.39, 0.29) is 11.9 Å². The molecule has 1 heterocycles. The highest BCUT2D eigenvalue weighted by Crippen LogP contribution is 2.26. The van der Waals surface area contributed by atoms with Crippen LogP contribution in [0.4, 0.5) is 16.2 Å². The van der Waals surface area contributed by atoms with Crippen molar-refractivity contribution in [3.05, 3.63) is 94.5 Å². The Morgan fingerprint density at radius 2 is 1.81 bits per heavy atom. The molecule has 3 aromatic rings. The summed E-state index contributed by atoms with van der Waals surface area (Å²) < 4.78 is 0. The maximum atomic E-state index is 13.2. The van der Waals surface area contributed by atoms with E-state index in [1.165, 1.54) is 0 Å². The summed E-state index contributed by atoms with van der Waals surface area (Å²) in [4.78, 5) is 29.2. The van der Waals surface area contributed by atoms with E-state index in [1.54, 1.807) is 58.3 Å². The molecule has 1 N–H and O–H groups in total. The van der Waals surface area contributed by atoms with E-state index in [0.29, 0.717) is 47.2 Å². The second-order valence-electron chi connectivity index (χ2n) is 7.46. The van der Waals surface area contributed by atoms with E-state index in [0.717, 1.165) is 12.0 Å². The molecule has 0 atom stereocenters. The van der Waals surface area contributed by atoms with Gasteiger partial charge in [-0.05, 0) is 48.4 Å². The van der Waals surface area contributed by atoms with E-state index in [2.05, 4.69) is 11.4 Å². The number of carbonyl (C=O) groups excluding carboxylic acids is 2. The van der Waals surface area contributed by atoms with Crippen molar-refractivity contribution in [3.63, 3.8) is 0 Å². The van der Waals surface area contributed by atoms with Crippen LogP contribution in [0.3, 0.4) is 0 Å². The predicted octanol–water partition coefficient (Wildman–Crippen LogP) is 5.30. The van der Waals surface area contributed by atoms with Crippen molar-refractivity contribution in [2.75, 3.05) is 23.3 Å². The average molecular weight is 445 g/mol. The van der Waals surface area contributed by atoms with Gasteiger partial charge >= 0.3 is 6.03 Å². The largest absolute Gasteiger partial charge is 0.324 e. The van der Waals surface area contributed by atoms with Gasteiger partial charge in [0.15, 0.2) is 0 Å². The third-order valence-electron chi connectivity index (χ3n) is 5.34. The summed E-state index contributed by atoms with van der Waals surface area (Å²) in [6.45, 7) is 1.58. The van der Waals surface area contributed by atoms with Gasteiger partial charge < -0.3 is 10.2 Å². The number of amides is 3. The van der Waals surface area contributed by atoms with Crippen molar-refractivity contribution in [1.82, 2.24) is 4.90 Å². The maximum absolute atomic E-state index is 13.2. The molecule has 1 saturated heterocycles. The van der Waals surface area contributed by atoms with Crippen LogP contribution < -0.4 is 10.2 Å². The Labute approximate surface area is 191 Å². The summed E-state index contributed by atoms with van der Waals surface area (Å²) in [7, 11) is 0. The van der Waals surface area contributed by atoms with Crippen molar-refractivity contribution in [1.29, 1.82) is 5.26 Å². The molecular weight excluding hydrogens is 424 g/mol. The first kappa shape index (κ1) is 21.4. The quantitative estimate of drug-likeness (QED) is 0.580. The van der Waals surface area contributed by atoms with E-state index in [1.807, 2.05) is 24.3 Å². The standard InChI is InChI=1S/C25H21ClN4O2/c26-23-12-4-3-11-22(23)24(31)28-20-9-5-10-21(15-20)30-14-6-13-29(25(30)32)17-19-8-2-1-7-18(19)16-27/h1-5,7-12,15H,6,13-14,17H2,(H,28,31). The van der Waals surface area contributed by atoms with Crippen LogP contribution in [0.5, 0.6) is 0 Å². The first-order chi connectivity index (χ1) is 15.6. The number of anilines is 2. The zero-order valence-electron chi connectivity index (χ0n) is 17.3.